The van der Waals surface area contributed by atoms with Crippen LogP contribution in [-0.2, 0) is 21.6 Å². The maximum absolute atomic E-state index is 8.77. The predicted molar refractivity (Wildman–Crippen MR) is 16.5 cm³/mol. The van der Waals surface area contributed by atoms with Crippen molar-refractivity contribution in [1.82, 2.24) is 0 Å². The van der Waals surface area contributed by atoms with Gasteiger partial charge in [-0.15, -0.1) is 0 Å². The zero-order valence-corrected chi connectivity index (χ0v) is 4.09. The molecule has 27 valence electrons. The first kappa shape index (κ1) is 8.82. The van der Waals surface area contributed by atoms with Crippen LogP contribution in [-0.4, -0.2) is 6.03 Å². The van der Waals surface area contributed by atoms with E-state index in [1.165, 1.54) is 0 Å². The van der Waals surface area contributed by atoms with Gasteiger partial charge in [0.25, 0.3) is 0 Å². The molecule has 0 bridgehead atoms. The van der Waals surface area contributed by atoms with Crippen LogP contribution in [0.5, 0.6) is 0 Å². The van der Waals surface area contributed by atoms with Gasteiger partial charge in [0.2, 0.25) is 0 Å². The molecule has 1 radical (unpaired) electrons. The van der Waals surface area contributed by atoms with E-state index in [2.05, 4.69) is 0 Å². The number of hydrogen-bond donors (Lipinski definition) is 0. The van der Waals surface area contributed by atoms with E-state index < -0.39 is 0 Å². The Balaban J connectivity index is 0. The molecule has 0 aliphatic heterocycles. The summed E-state index contributed by atoms with van der Waals surface area (Å²) in [4.78, 5) is 8.77. The van der Waals surface area contributed by atoms with Crippen molar-refractivity contribution >= 4 is 15.3 Å². The summed E-state index contributed by atoms with van der Waals surface area (Å²) in [6.07, 6.45) is 0. The van der Waals surface area contributed by atoms with Crippen molar-refractivity contribution in [2.75, 3.05) is 0 Å². The Labute approximate surface area is 37.6 Å². The van der Waals surface area contributed by atoms with Crippen molar-refractivity contribution in [3.63, 3.8) is 0 Å². The van der Waals surface area contributed by atoms with Crippen LogP contribution in [0.3, 0.4) is 0 Å². The third kappa shape index (κ3) is 18.3. The molecule has 0 fully saturated rings. The fraction of sp³-hybridized carbons (Fsp3) is 0. The molecule has 0 aromatic carbocycles. The molecule has 0 spiro atoms. The van der Waals surface area contributed by atoms with E-state index in [9.17, 15) is 0 Å². The van der Waals surface area contributed by atoms with Gasteiger partial charge in [0.1, 0.15) is 6.03 Å². The van der Waals surface area contributed by atoms with Gasteiger partial charge in [-0.3, -0.25) is 4.79 Å². The Bertz CT molecular complexity index is 15.5. The van der Waals surface area contributed by atoms with E-state index >= 15 is 0 Å². The number of rotatable bonds is 0. The van der Waals surface area contributed by atoms with Crippen LogP contribution in [0.2, 0.25) is 0 Å². The van der Waals surface area contributed by atoms with E-state index in [1.807, 2.05) is 9.24 Å². The Morgan fingerprint density at radius 1 is 1.75 bits per heavy atom. The minimum absolute atomic E-state index is 0. The van der Waals surface area contributed by atoms with Crippen LogP contribution < -0.4 is 0 Å². The Hall–Kier alpha value is 0.606. The van der Waals surface area contributed by atoms with Crippen LogP contribution in [0.25, 0.3) is 0 Å². The minimum atomic E-state index is 0. The van der Waals surface area contributed by atoms with Crippen molar-refractivity contribution in [2.45, 2.75) is 0 Å². The maximum atomic E-state index is 8.77. The quantitative estimate of drug-likeness (QED) is 0.327. The molecule has 0 amide bonds. The molecule has 1 atom stereocenters. The molecule has 1 nitrogen and oxygen atoms in total. The molecule has 1 unspecified atom stereocenters. The third-order valence-corrected chi connectivity index (χ3v) is 0. The van der Waals surface area contributed by atoms with Crippen molar-refractivity contribution in [3.8, 4) is 0 Å². The first-order valence-corrected chi connectivity index (χ1v) is 1.24. The maximum Gasteiger partial charge on any atom is 0.135 e. The largest absolute Gasteiger partial charge is 0.299 e. The summed E-state index contributed by atoms with van der Waals surface area (Å²) in [5.74, 6) is 0. The number of carbonyl (C=O) groups is 1. The molecule has 0 saturated carbocycles. The fourth-order valence-electron chi connectivity index (χ4n) is 0. The zero-order valence-electron chi connectivity index (χ0n) is 1.90. The van der Waals surface area contributed by atoms with E-state index in [4.69, 9.17) is 4.79 Å². The van der Waals surface area contributed by atoms with Gasteiger partial charge in [-0.05, 0) is 0 Å². The van der Waals surface area contributed by atoms with Gasteiger partial charge in [-0.25, -0.2) is 0 Å². The zero-order chi connectivity index (χ0) is 2.71. The van der Waals surface area contributed by atoms with E-state index in [0.29, 0.717) is 6.03 Å². The molecule has 4 heavy (non-hydrogen) atoms. The Kier molecular flexibility index (Phi) is 20.9. The molecular formula is CH3CoOP. The Morgan fingerprint density at radius 3 is 1.75 bits per heavy atom. The minimum Gasteiger partial charge on any atom is -0.299 e. The van der Waals surface area contributed by atoms with Gasteiger partial charge >= 0.3 is 0 Å². The molecule has 0 heterocycles. The topological polar surface area (TPSA) is 17.1 Å². The van der Waals surface area contributed by atoms with Gasteiger partial charge in [-0.2, -0.15) is 0 Å². The van der Waals surface area contributed by atoms with Crippen molar-refractivity contribution < 1.29 is 21.6 Å². The van der Waals surface area contributed by atoms with Gasteiger partial charge in [0, 0.05) is 16.8 Å². The predicted octanol–water partition coefficient (Wildman–Crippen LogP) is 0.0492. The van der Waals surface area contributed by atoms with Crippen molar-refractivity contribution in [3.05, 3.63) is 0 Å². The molecule has 0 rings (SSSR count). The first-order valence-electron chi connectivity index (χ1n) is 0.569. The second kappa shape index (κ2) is 9.49. The summed E-state index contributed by atoms with van der Waals surface area (Å²) in [6.45, 7) is 0. The van der Waals surface area contributed by atoms with E-state index in [1.54, 1.807) is 0 Å². The molecule has 0 aliphatic rings. The average molecular weight is 121 g/mol. The number of carbonyl (C=O) groups excluding carboxylic acids is 1. The summed E-state index contributed by atoms with van der Waals surface area (Å²) in [6, 6.07) is 0.667. The van der Waals surface area contributed by atoms with Crippen LogP contribution in [0, 0.1) is 0 Å². The summed E-state index contributed by atoms with van der Waals surface area (Å²) < 4.78 is 0. The third-order valence-electron chi connectivity index (χ3n) is 0. The standard InChI is InChI=1S/CH3OP.Co/c2-1-3;/h1H,3H2;. The molecule has 0 aliphatic carbocycles. The smallest absolute Gasteiger partial charge is 0.135 e. The molecule has 0 aromatic heterocycles. The van der Waals surface area contributed by atoms with Crippen LogP contribution >= 0.6 is 9.24 Å². The van der Waals surface area contributed by atoms with Crippen molar-refractivity contribution in [2.24, 2.45) is 0 Å². The summed E-state index contributed by atoms with van der Waals surface area (Å²) in [5.41, 5.74) is 0. The average Bonchev–Trinajstić information content (AvgIpc) is 0.918. The summed E-state index contributed by atoms with van der Waals surface area (Å²) >= 11 is 0. The van der Waals surface area contributed by atoms with Crippen LogP contribution in [0.1, 0.15) is 0 Å². The molecule has 0 aromatic rings. The molecule has 0 N–H and O–H groups in total. The first-order chi connectivity index (χ1) is 1.41. The van der Waals surface area contributed by atoms with E-state index in [-0.39, 0.29) is 16.8 Å². The van der Waals surface area contributed by atoms with Gasteiger partial charge < -0.3 is 0 Å². The van der Waals surface area contributed by atoms with Gasteiger partial charge in [-0.1, -0.05) is 9.24 Å². The van der Waals surface area contributed by atoms with Gasteiger partial charge in [0.05, 0.1) is 0 Å². The summed E-state index contributed by atoms with van der Waals surface area (Å²) in [5, 5.41) is 0. The summed E-state index contributed by atoms with van der Waals surface area (Å²) in [7, 11) is 1.90. The fourth-order valence-corrected chi connectivity index (χ4v) is 0. The van der Waals surface area contributed by atoms with E-state index in [0.717, 1.165) is 0 Å². The van der Waals surface area contributed by atoms with Crippen molar-refractivity contribution in [1.29, 1.82) is 0 Å². The Morgan fingerprint density at radius 2 is 1.75 bits per heavy atom. The van der Waals surface area contributed by atoms with Crippen LogP contribution in [0.15, 0.2) is 0 Å². The number of hydrogen-bond acceptors (Lipinski definition) is 1. The SMILES string of the molecule is O=CP.[Co]. The second-order valence-electron chi connectivity index (χ2n) is 0.136. The molecule has 3 heteroatoms. The molecule has 0 saturated heterocycles. The normalized spacial score (nSPS) is 3.25. The molecular weight excluding hydrogens is 118 g/mol. The van der Waals surface area contributed by atoms with Gasteiger partial charge in [0.15, 0.2) is 0 Å². The van der Waals surface area contributed by atoms with Crippen LogP contribution in [0.4, 0.5) is 0 Å². The second-order valence-corrected chi connectivity index (χ2v) is 0.408. The monoisotopic (exact) mass is 121 g/mol.